The highest BCUT2D eigenvalue weighted by molar-refractivity contribution is 5.77. The number of amides is 1. The smallest absolute Gasteiger partial charge is 0.220 e. The summed E-state index contributed by atoms with van der Waals surface area (Å²) in [7, 11) is 0. The SMILES string of the molecule is CC(C)(C)CC1(NC(=O)CCc2cn[nH]c2)CC1. The highest BCUT2D eigenvalue weighted by atomic mass is 16.1. The second-order valence-corrected chi connectivity index (χ2v) is 6.67. The first-order valence-electron chi connectivity index (χ1n) is 6.67. The van der Waals surface area contributed by atoms with Crippen molar-refractivity contribution in [2.75, 3.05) is 0 Å². The van der Waals surface area contributed by atoms with Crippen molar-refractivity contribution in [1.82, 2.24) is 15.5 Å². The largest absolute Gasteiger partial charge is 0.351 e. The third kappa shape index (κ3) is 3.86. The molecule has 1 aromatic heterocycles. The van der Waals surface area contributed by atoms with E-state index in [-0.39, 0.29) is 16.9 Å². The Balaban J connectivity index is 1.77. The van der Waals surface area contributed by atoms with Crippen LogP contribution in [0.4, 0.5) is 0 Å². The number of aromatic amines is 1. The number of rotatable bonds is 5. The van der Waals surface area contributed by atoms with Gasteiger partial charge in [-0.25, -0.2) is 0 Å². The number of hydrogen-bond donors (Lipinski definition) is 2. The van der Waals surface area contributed by atoms with Crippen LogP contribution in [0.1, 0.15) is 52.0 Å². The monoisotopic (exact) mass is 249 g/mol. The van der Waals surface area contributed by atoms with Crippen LogP contribution in [-0.4, -0.2) is 21.6 Å². The van der Waals surface area contributed by atoms with Crippen LogP contribution in [-0.2, 0) is 11.2 Å². The molecule has 1 aliphatic rings. The molecular weight excluding hydrogens is 226 g/mol. The minimum Gasteiger partial charge on any atom is -0.351 e. The van der Waals surface area contributed by atoms with Crippen molar-refractivity contribution >= 4 is 5.91 Å². The lowest BCUT2D eigenvalue weighted by Crippen LogP contribution is -2.39. The van der Waals surface area contributed by atoms with E-state index in [2.05, 4.69) is 36.3 Å². The number of hydrogen-bond acceptors (Lipinski definition) is 2. The zero-order valence-electron chi connectivity index (χ0n) is 11.5. The van der Waals surface area contributed by atoms with Gasteiger partial charge in [0.05, 0.1) is 6.20 Å². The lowest BCUT2D eigenvalue weighted by molar-refractivity contribution is -0.122. The molecule has 1 aromatic rings. The van der Waals surface area contributed by atoms with Gasteiger partial charge in [0.25, 0.3) is 0 Å². The maximum atomic E-state index is 11.9. The average molecular weight is 249 g/mol. The van der Waals surface area contributed by atoms with Crippen LogP contribution in [0, 0.1) is 5.41 Å². The van der Waals surface area contributed by atoms with E-state index < -0.39 is 0 Å². The summed E-state index contributed by atoms with van der Waals surface area (Å²) in [6, 6.07) is 0. The van der Waals surface area contributed by atoms with Crippen LogP contribution in [0.3, 0.4) is 0 Å². The van der Waals surface area contributed by atoms with E-state index in [9.17, 15) is 4.79 Å². The molecule has 0 aromatic carbocycles. The van der Waals surface area contributed by atoms with E-state index in [4.69, 9.17) is 0 Å². The van der Waals surface area contributed by atoms with E-state index in [0.29, 0.717) is 6.42 Å². The minimum atomic E-state index is 0.0890. The summed E-state index contributed by atoms with van der Waals surface area (Å²) in [4.78, 5) is 11.9. The van der Waals surface area contributed by atoms with E-state index in [1.807, 2.05) is 6.20 Å². The average Bonchev–Trinajstić information content (AvgIpc) is 2.80. The summed E-state index contributed by atoms with van der Waals surface area (Å²) in [5.74, 6) is 0.165. The van der Waals surface area contributed by atoms with Gasteiger partial charge in [-0.1, -0.05) is 20.8 Å². The summed E-state index contributed by atoms with van der Waals surface area (Å²) >= 11 is 0. The first kappa shape index (κ1) is 13.1. The van der Waals surface area contributed by atoms with Crippen LogP contribution in [0.25, 0.3) is 0 Å². The second-order valence-electron chi connectivity index (χ2n) is 6.67. The lowest BCUT2D eigenvalue weighted by Gasteiger charge is -2.26. The van der Waals surface area contributed by atoms with Gasteiger partial charge in [-0.05, 0) is 36.7 Å². The third-order valence-corrected chi connectivity index (χ3v) is 3.32. The van der Waals surface area contributed by atoms with Crippen LogP contribution < -0.4 is 5.32 Å². The lowest BCUT2D eigenvalue weighted by atomic mass is 9.86. The van der Waals surface area contributed by atoms with E-state index in [1.54, 1.807) is 6.20 Å². The zero-order valence-corrected chi connectivity index (χ0v) is 11.5. The maximum absolute atomic E-state index is 11.9. The highest BCUT2D eigenvalue weighted by Crippen LogP contribution is 2.44. The molecule has 100 valence electrons. The molecule has 0 bridgehead atoms. The molecule has 18 heavy (non-hydrogen) atoms. The molecule has 0 spiro atoms. The standard InChI is InChI=1S/C14H23N3O/c1-13(2,3)10-14(6-7-14)17-12(18)5-4-11-8-15-16-9-11/h8-9H,4-7,10H2,1-3H3,(H,15,16)(H,17,18). The molecule has 0 unspecified atom stereocenters. The Hall–Kier alpha value is -1.32. The summed E-state index contributed by atoms with van der Waals surface area (Å²) in [6.07, 6.45) is 8.24. The van der Waals surface area contributed by atoms with Crippen molar-refractivity contribution in [1.29, 1.82) is 0 Å². The Labute approximate surface area is 109 Å². The predicted molar refractivity (Wildman–Crippen MR) is 71.1 cm³/mol. The van der Waals surface area contributed by atoms with E-state index in [0.717, 1.165) is 31.2 Å². The number of carbonyl (C=O) groups is 1. The second kappa shape index (κ2) is 4.75. The molecule has 4 nitrogen and oxygen atoms in total. The van der Waals surface area contributed by atoms with Gasteiger partial charge in [0.2, 0.25) is 5.91 Å². The number of nitrogens with zero attached hydrogens (tertiary/aromatic N) is 1. The van der Waals surface area contributed by atoms with Crippen molar-refractivity contribution in [3.8, 4) is 0 Å². The number of aromatic nitrogens is 2. The zero-order chi connectivity index (χ0) is 13.2. The molecule has 1 heterocycles. The van der Waals surface area contributed by atoms with Gasteiger partial charge in [-0.3, -0.25) is 9.89 Å². The molecule has 2 N–H and O–H groups in total. The Morgan fingerprint density at radius 1 is 1.50 bits per heavy atom. The third-order valence-electron chi connectivity index (χ3n) is 3.32. The van der Waals surface area contributed by atoms with Gasteiger partial charge in [-0.2, -0.15) is 5.10 Å². The van der Waals surface area contributed by atoms with Gasteiger partial charge in [0.1, 0.15) is 0 Å². The first-order chi connectivity index (χ1) is 8.39. The Morgan fingerprint density at radius 3 is 2.72 bits per heavy atom. The molecule has 0 atom stereocenters. The molecule has 1 aliphatic carbocycles. The summed E-state index contributed by atoms with van der Waals surface area (Å²) in [5.41, 5.74) is 1.45. The summed E-state index contributed by atoms with van der Waals surface area (Å²) < 4.78 is 0. The highest BCUT2D eigenvalue weighted by Gasteiger charge is 2.46. The molecule has 0 aliphatic heterocycles. The van der Waals surface area contributed by atoms with Crippen LogP contribution in [0.2, 0.25) is 0 Å². The molecule has 0 saturated heterocycles. The Morgan fingerprint density at radius 2 is 2.22 bits per heavy atom. The topological polar surface area (TPSA) is 57.8 Å². The van der Waals surface area contributed by atoms with E-state index >= 15 is 0 Å². The molecule has 0 radical (unpaired) electrons. The van der Waals surface area contributed by atoms with Gasteiger partial charge in [0.15, 0.2) is 0 Å². The van der Waals surface area contributed by atoms with Crippen molar-refractivity contribution in [2.24, 2.45) is 5.41 Å². The molecular formula is C14H23N3O. The van der Waals surface area contributed by atoms with E-state index in [1.165, 1.54) is 0 Å². The fraction of sp³-hybridized carbons (Fsp3) is 0.714. The Bertz CT molecular complexity index is 399. The summed E-state index contributed by atoms with van der Waals surface area (Å²) in [5, 5.41) is 9.86. The molecule has 2 rings (SSSR count). The van der Waals surface area contributed by atoms with Crippen LogP contribution in [0.15, 0.2) is 12.4 Å². The van der Waals surface area contributed by atoms with Crippen molar-refractivity contribution in [2.45, 2.75) is 58.4 Å². The number of aryl methyl sites for hydroxylation is 1. The molecule has 1 fully saturated rings. The predicted octanol–water partition coefficient (Wildman–Crippen LogP) is 2.43. The van der Waals surface area contributed by atoms with Crippen molar-refractivity contribution in [3.63, 3.8) is 0 Å². The minimum absolute atomic E-state index is 0.0890. The quantitative estimate of drug-likeness (QED) is 0.842. The van der Waals surface area contributed by atoms with Gasteiger partial charge < -0.3 is 5.32 Å². The number of H-pyrrole nitrogens is 1. The normalized spacial score (nSPS) is 17.5. The van der Waals surface area contributed by atoms with Gasteiger partial charge in [0, 0.05) is 18.2 Å². The Kier molecular flexibility index (Phi) is 3.46. The molecule has 1 saturated carbocycles. The molecule has 4 heteroatoms. The van der Waals surface area contributed by atoms with Crippen LogP contribution in [0.5, 0.6) is 0 Å². The fourth-order valence-corrected chi connectivity index (χ4v) is 2.54. The number of nitrogens with one attached hydrogen (secondary N) is 2. The fourth-order valence-electron chi connectivity index (χ4n) is 2.54. The van der Waals surface area contributed by atoms with Crippen LogP contribution >= 0.6 is 0 Å². The van der Waals surface area contributed by atoms with Crippen molar-refractivity contribution in [3.05, 3.63) is 18.0 Å². The summed E-state index contributed by atoms with van der Waals surface area (Å²) in [6.45, 7) is 6.68. The first-order valence-corrected chi connectivity index (χ1v) is 6.67. The number of carbonyl (C=O) groups excluding carboxylic acids is 1. The maximum Gasteiger partial charge on any atom is 0.220 e. The van der Waals surface area contributed by atoms with Gasteiger partial charge in [-0.15, -0.1) is 0 Å². The van der Waals surface area contributed by atoms with Gasteiger partial charge >= 0.3 is 0 Å². The van der Waals surface area contributed by atoms with Crippen molar-refractivity contribution < 1.29 is 4.79 Å². The molecule has 1 amide bonds.